The van der Waals surface area contributed by atoms with E-state index in [9.17, 15) is 4.79 Å². The molecule has 0 fully saturated rings. The Morgan fingerprint density at radius 2 is 2.21 bits per heavy atom. The van der Waals surface area contributed by atoms with E-state index in [1.54, 1.807) is 11.9 Å². The molecule has 0 aliphatic carbocycles. The van der Waals surface area contributed by atoms with Crippen LogP contribution >= 0.6 is 11.5 Å². The number of carbonyl (C=O) groups is 1. The van der Waals surface area contributed by atoms with Gasteiger partial charge in [0.25, 0.3) is 0 Å². The van der Waals surface area contributed by atoms with Crippen LogP contribution in [0, 0.1) is 13.8 Å². The average molecular weight is 214 g/mol. The maximum Gasteiger partial charge on any atom is 0.317 e. The van der Waals surface area contributed by atoms with Crippen LogP contribution in [0.5, 0.6) is 0 Å². The standard InChI is InChI=1S/C9H14N2O2S/c1-6-8(7(2)14-10-6)4-11(3)5-9(12)13/h4-5H2,1-3H3,(H,12,13). The number of carboxylic acids is 1. The Morgan fingerprint density at radius 1 is 1.57 bits per heavy atom. The lowest BCUT2D eigenvalue weighted by Crippen LogP contribution is -2.25. The minimum Gasteiger partial charge on any atom is -0.480 e. The van der Waals surface area contributed by atoms with Crippen molar-refractivity contribution in [2.75, 3.05) is 13.6 Å². The van der Waals surface area contributed by atoms with Crippen LogP contribution < -0.4 is 0 Å². The summed E-state index contributed by atoms with van der Waals surface area (Å²) >= 11 is 1.47. The first-order valence-corrected chi connectivity index (χ1v) is 5.10. The van der Waals surface area contributed by atoms with Crippen LogP contribution in [0.4, 0.5) is 0 Å². The lowest BCUT2D eigenvalue weighted by Gasteiger charge is -2.13. The van der Waals surface area contributed by atoms with Crippen molar-refractivity contribution in [1.29, 1.82) is 0 Å². The molecule has 1 heterocycles. The number of carboxylic acid groups (broad SMARTS) is 1. The van der Waals surface area contributed by atoms with Crippen molar-refractivity contribution >= 4 is 17.5 Å². The Morgan fingerprint density at radius 3 is 2.64 bits per heavy atom. The third-order valence-electron chi connectivity index (χ3n) is 2.01. The van der Waals surface area contributed by atoms with Crippen molar-refractivity contribution in [3.05, 3.63) is 16.1 Å². The molecule has 0 atom stereocenters. The van der Waals surface area contributed by atoms with Crippen molar-refractivity contribution in [3.8, 4) is 0 Å². The maximum absolute atomic E-state index is 10.5. The molecule has 0 saturated heterocycles. The summed E-state index contributed by atoms with van der Waals surface area (Å²) in [5.41, 5.74) is 2.16. The predicted molar refractivity (Wildman–Crippen MR) is 55.6 cm³/mol. The van der Waals surface area contributed by atoms with Gasteiger partial charge in [0, 0.05) is 17.0 Å². The van der Waals surface area contributed by atoms with E-state index in [-0.39, 0.29) is 6.54 Å². The maximum atomic E-state index is 10.5. The van der Waals surface area contributed by atoms with Crippen molar-refractivity contribution in [2.45, 2.75) is 20.4 Å². The van der Waals surface area contributed by atoms with E-state index in [2.05, 4.69) is 4.37 Å². The van der Waals surface area contributed by atoms with Crippen LogP contribution in [0.25, 0.3) is 0 Å². The van der Waals surface area contributed by atoms with Crippen LogP contribution in [0.15, 0.2) is 0 Å². The van der Waals surface area contributed by atoms with E-state index >= 15 is 0 Å². The molecular formula is C9H14N2O2S. The molecule has 0 aliphatic heterocycles. The summed E-state index contributed by atoms with van der Waals surface area (Å²) in [6.07, 6.45) is 0. The number of nitrogens with zero attached hydrogens (tertiary/aromatic N) is 2. The first kappa shape index (κ1) is 11.1. The van der Waals surface area contributed by atoms with Gasteiger partial charge in [-0.2, -0.15) is 4.37 Å². The van der Waals surface area contributed by atoms with Gasteiger partial charge in [-0.15, -0.1) is 0 Å². The van der Waals surface area contributed by atoms with E-state index in [1.807, 2.05) is 13.8 Å². The van der Waals surface area contributed by atoms with Gasteiger partial charge in [-0.3, -0.25) is 9.69 Å². The minimum absolute atomic E-state index is 0.0642. The Hall–Kier alpha value is -0.940. The van der Waals surface area contributed by atoms with Crippen LogP contribution in [0.2, 0.25) is 0 Å². The zero-order valence-electron chi connectivity index (χ0n) is 8.57. The third-order valence-corrected chi connectivity index (χ3v) is 2.90. The third kappa shape index (κ3) is 2.78. The van der Waals surface area contributed by atoms with E-state index < -0.39 is 5.97 Å². The first-order chi connectivity index (χ1) is 6.50. The van der Waals surface area contributed by atoms with Gasteiger partial charge in [0.2, 0.25) is 0 Å². The van der Waals surface area contributed by atoms with Crippen molar-refractivity contribution in [3.63, 3.8) is 0 Å². The van der Waals surface area contributed by atoms with E-state index in [0.717, 1.165) is 11.3 Å². The van der Waals surface area contributed by atoms with Gasteiger partial charge in [-0.1, -0.05) is 0 Å². The molecule has 0 radical (unpaired) electrons. The molecule has 0 bridgehead atoms. The molecule has 1 aromatic rings. The summed E-state index contributed by atoms with van der Waals surface area (Å²) in [5, 5.41) is 8.60. The molecule has 1 aromatic heterocycles. The average Bonchev–Trinajstić information content (AvgIpc) is 2.34. The molecule has 0 amide bonds. The molecular weight excluding hydrogens is 200 g/mol. The van der Waals surface area contributed by atoms with Gasteiger partial charge in [0.05, 0.1) is 12.2 Å². The van der Waals surface area contributed by atoms with Gasteiger partial charge in [0.15, 0.2) is 0 Å². The lowest BCUT2D eigenvalue weighted by atomic mass is 10.2. The molecule has 0 aromatic carbocycles. The molecule has 5 heteroatoms. The second kappa shape index (κ2) is 4.52. The number of aromatic nitrogens is 1. The SMILES string of the molecule is Cc1nsc(C)c1CN(C)CC(=O)O. The topological polar surface area (TPSA) is 53.4 Å². The summed E-state index contributed by atoms with van der Waals surface area (Å²) in [6, 6.07) is 0. The van der Waals surface area contributed by atoms with Crippen LogP contribution in [0.3, 0.4) is 0 Å². The molecule has 78 valence electrons. The van der Waals surface area contributed by atoms with Gasteiger partial charge >= 0.3 is 5.97 Å². The highest BCUT2D eigenvalue weighted by Gasteiger charge is 2.11. The molecule has 1 N–H and O–H groups in total. The summed E-state index contributed by atoms with van der Waals surface area (Å²) in [4.78, 5) is 13.4. The zero-order chi connectivity index (χ0) is 10.7. The normalized spacial score (nSPS) is 10.9. The summed E-state index contributed by atoms with van der Waals surface area (Å²) in [6.45, 7) is 4.68. The van der Waals surface area contributed by atoms with Crippen molar-refractivity contribution in [2.24, 2.45) is 0 Å². The Bertz CT molecular complexity index is 316. The van der Waals surface area contributed by atoms with E-state index in [0.29, 0.717) is 6.54 Å². The smallest absolute Gasteiger partial charge is 0.317 e. The fraction of sp³-hybridized carbons (Fsp3) is 0.556. The Labute approximate surface area is 87.3 Å². The van der Waals surface area contributed by atoms with Crippen LogP contribution in [-0.2, 0) is 11.3 Å². The summed E-state index contributed by atoms with van der Waals surface area (Å²) in [7, 11) is 1.80. The molecule has 0 spiro atoms. The highest BCUT2D eigenvalue weighted by molar-refractivity contribution is 7.05. The van der Waals surface area contributed by atoms with Crippen LogP contribution in [0.1, 0.15) is 16.1 Å². The monoisotopic (exact) mass is 214 g/mol. The van der Waals surface area contributed by atoms with Crippen LogP contribution in [-0.4, -0.2) is 33.9 Å². The zero-order valence-corrected chi connectivity index (χ0v) is 9.39. The first-order valence-electron chi connectivity index (χ1n) is 4.32. The molecule has 0 aliphatic rings. The van der Waals surface area contributed by atoms with Gasteiger partial charge in [-0.25, -0.2) is 0 Å². The van der Waals surface area contributed by atoms with Crippen molar-refractivity contribution < 1.29 is 9.90 Å². The number of likely N-dealkylation sites (N-methyl/N-ethyl adjacent to an activating group) is 1. The number of aliphatic carboxylic acids is 1. The second-order valence-corrected chi connectivity index (χ2v) is 4.35. The number of hydrogen-bond donors (Lipinski definition) is 1. The largest absolute Gasteiger partial charge is 0.480 e. The quantitative estimate of drug-likeness (QED) is 0.820. The fourth-order valence-corrected chi connectivity index (χ4v) is 1.99. The highest BCUT2D eigenvalue weighted by Crippen LogP contribution is 2.18. The van der Waals surface area contributed by atoms with Gasteiger partial charge in [0.1, 0.15) is 0 Å². The summed E-state index contributed by atoms with van der Waals surface area (Å²) in [5.74, 6) is -0.800. The second-order valence-electron chi connectivity index (χ2n) is 3.37. The number of hydrogen-bond acceptors (Lipinski definition) is 4. The molecule has 0 saturated carbocycles. The van der Waals surface area contributed by atoms with E-state index in [1.165, 1.54) is 16.4 Å². The number of rotatable bonds is 4. The molecule has 0 unspecified atom stereocenters. The minimum atomic E-state index is -0.800. The Kier molecular flexibility index (Phi) is 3.60. The van der Waals surface area contributed by atoms with Gasteiger partial charge < -0.3 is 5.11 Å². The predicted octanol–water partition coefficient (Wildman–Crippen LogP) is 1.28. The Balaban J connectivity index is 2.64. The van der Waals surface area contributed by atoms with E-state index in [4.69, 9.17) is 5.11 Å². The highest BCUT2D eigenvalue weighted by atomic mass is 32.1. The molecule has 1 rings (SSSR count). The number of aryl methyl sites for hydroxylation is 2. The molecule has 14 heavy (non-hydrogen) atoms. The molecule has 4 nitrogen and oxygen atoms in total. The fourth-order valence-electron chi connectivity index (χ4n) is 1.28. The lowest BCUT2D eigenvalue weighted by molar-refractivity contribution is -0.138. The summed E-state index contributed by atoms with van der Waals surface area (Å²) < 4.78 is 4.22. The van der Waals surface area contributed by atoms with Gasteiger partial charge in [-0.05, 0) is 32.4 Å². The van der Waals surface area contributed by atoms with Crippen molar-refractivity contribution in [1.82, 2.24) is 9.27 Å².